The van der Waals surface area contributed by atoms with Gasteiger partial charge in [-0.2, -0.15) is 0 Å². The van der Waals surface area contributed by atoms with Crippen molar-refractivity contribution in [1.29, 1.82) is 0 Å². The summed E-state index contributed by atoms with van der Waals surface area (Å²) in [6.07, 6.45) is 6.47. The number of nitrogens with one attached hydrogen (secondary N) is 1. The molecule has 1 aromatic rings. The lowest BCUT2D eigenvalue weighted by Gasteiger charge is -2.19. The van der Waals surface area contributed by atoms with Crippen LogP contribution in [0.5, 0.6) is 0 Å². The van der Waals surface area contributed by atoms with Gasteiger partial charge in [0.15, 0.2) is 0 Å². The van der Waals surface area contributed by atoms with Crippen LogP contribution in [0.25, 0.3) is 0 Å². The molecule has 0 fully saturated rings. The largest absolute Gasteiger partial charge is 0.398 e. The number of nitrogens with zero attached hydrogens (tertiary/aromatic N) is 1. The minimum atomic E-state index is 0.117. The van der Waals surface area contributed by atoms with E-state index in [-0.39, 0.29) is 6.04 Å². The molecule has 0 bridgehead atoms. The highest BCUT2D eigenvalue weighted by atomic mass is 14.9. The summed E-state index contributed by atoms with van der Waals surface area (Å²) in [5.74, 6) is 0. The van der Waals surface area contributed by atoms with E-state index in [2.05, 4.69) is 16.4 Å². The minimum Gasteiger partial charge on any atom is -0.398 e. The van der Waals surface area contributed by atoms with Gasteiger partial charge < -0.3 is 16.8 Å². The van der Waals surface area contributed by atoms with E-state index in [1.807, 2.05) is 12.3 Å². The van der Waals surface area contributed by atoms with Gasteiger partial charge in [-0.15, -0.1) is 0 Å². The van der Waals surface area contributed by atoms with Crippen LogP contribution in [0.4, 0.5) is 5.69 Å². The van der Waals surface area contributed by atoms with Gasteiger partial charge in [0.25, 0.3) is 0 Å². The van der Waals surface area contributed by atoms with Crippen LogP contribution < -0.4 is 16.8 Å². The standard InChI is InChI=1S/C11H16N4/c12-10-4-8(5-15-7-10)3-9-6-14-2-1-11(9)13/h1-2,4,6,10,15H,3,5,7,12H2,(H2,13,14). The van der Waals surface area contributed by atoms with Gasteiger partial charge in [0.05, 0.1) is 0 Å². The molecular formula is C11H16N4. The molecular weight excluding hydrogens is 188 g/mol. The highest BCUT2D eigenvalue weighted by Gasteiger charge is 2.10. The molecule has 1 aliphatic rings. The Morgan fingerprint density at radius 2 is 2.40 bits per heavy atom. The van der Waals surface area contributed by atoms with E-state index in [0.29, 0.717) is 0 Å². The molecule has 5 N–H and O–H groups in total. The average molecular weight is 204 g/mol. The molecule has 15 heavy (non-hydrogen) atoms. The van der Waals surface area contributed by atoms with Crippen LogP contribution in [0.1, 0.15) is 5.56 Å². The summed E-state index contributed by atoms with van der Waals surface area (Å²) in [5.41, 5.74) is 14.8. The van der Waals surface area contributed by atoms with Gasteiger partial charge in [0, 0.05) is 37.2 Å². The van der Waals surface area contributed by atoms with Gasteiger partial charge in [0.2, 0.25) is 0 Å². The van der Waals surface area contributed by atoms with Crippen molar-refractivity contribution in [1.82, 2.24) is 10.3 Å². The Morgan fingerprint density at radius 1 is 1.53 bits per heavy atom. The van der Waals surface area contributed by atoms with E-state index in [0.717, 1.165) is 30.8 Å². The first kappa shape index (κ1) is 10.1. The predicted octanol–water partition coefficient (Wildman–Crippen LogP) is 0.0632. The van der Waals surface area contributed by atoms with Crippen molar-refractivity contribution in [3.05, 3.63) is 35.7 Å². The third kappa shape index (κ3) is 2.55. The fourth-order valence-electron chi connectivity index (χ4n) is 1.77. The highest BCUT2D eigenvalue weighted by molar-refractivity contribution is 5.46. The molecule has 4 heteroatoms. The summed E-state index contributed by atoms with van der Waals surface area (Å²) in [6, 6.07) is 1.94. The van der Waals surface area contributed by atoms with Gasteiger partial charge in [0.1, 0.15) is 0 Å². The van der Waals surface area contributed by atoms with Crippen molar-refractivity contribution in [3.8, 4) is 0 Å². The Hall–Kier alpha value is -1.39. The van der Waals surface area contributed by atoms with Crippen molar-refractivity contribution in [3.63, 3.8) is 0 Å². The average Bonchev–Trinajstić information content (AvgIpc) is 2.22. The van der Waals surface area contributed by atoms with Crippen LogP contribution in [-0.4, -0.2) is 24.1 Å². The zero-order chi connectivity index (χ0) is 10.7. The molecule has 80 valence electrons. The molecule has 2 heterocycles. The lowest BCUT2D eigenvalue weighted by molar-refractivity contribution is 0.627. The van der Waals surface area contributed by atoms with E-state index in [9.17, 15) is 0 Å². The number of hydrogen-bond donors (Lipinski definition) is 3. The first-order chi connectivity index (χ1) is 7.25. The molecule has 1 aromatic heterocycles. The second-order valence-corrected chi connectivity index (χ2v) is 3.87. The van der Waals surface area contributed by atoms with Crippen LogP contribution >= 0.6 is 0 Å². The molecule has 2 rings (SSSR count). The fourth-order valence-corrected chi connectivity index (χ4v) is 1.77. The summed E-state index contributed by atoms with van der Waals surface area (Å²) >= 11 is 0. The first-order valence-electron chi connectivity index (χ1n) is 5.10. The molecule has 0 spiro atoms. The monoisotopic (exact) mass is 204 g/mol. The van der Waals surface area contributed by atoms with E-state index in [1.54, 1.807) is 6.20 Å². The Labute approximate surface area is 89.4 Å². The van der Waals surface area contributed by atoms with Crippen LogP contribution in [-0.2, 0) is 6.42 Å². The second-order valence-electron chi connectivity index (χ2n) is 3.87. The molecule has 0 aromatic carbocycles. The van der Waals surface area contributed by atoms with Crippen molar-refractivity contribution in [2.45, 2.75) is 12.5 Å². The van der Waals surface area contributed by atoms with E-state index in [4.69, 9.17) is 11.5 Å². The molecule has 1 atom stereocenters. The number of nitrogens with two attached hydrogens (primary N) is 2. The lowest BCUT2D eigenvalue weighted by atomic mass is 10.0. The molecule has 1 unspecified atom stereocenters. The number of hydrogen-bond acceptors (Lipinski definition) is 4. The van der Waals surface area contributed by atoms with Crippen LogP contribution in [0.2, 0.25) is 0 Å². The number of nitrogen functional groups attached to an aromatic ring is 1. The van der Waals surface area contributed by atoms with Gasteiger partial charge in [-0.1, -0.05) is 11.6 Å². The van der Waals surface area contributed by atoms with Crippen molar-refractivity contribution in [2.24, 2.45) is 5.73 Å². The maximum Gasteiger partial charge on any atom is 0.0380 e. The molecule has 0 radical (unpaired) electrons. The topological polar surface area (TPSA) is 77.0 Å². The van der Waals surface area contributed by atoms with E-state index >= 15 is 0 Å². The summed E-state index contributed by atoms with van der Waals surface area (Å²) in [6.45, 7) is 1.74. The Kier molecular flexibility index (Phi) is 2.99. The maximum absolute atomic E-state index is 5.85. The lowest BCUT2D eigenvalue weighted by Crippen LogP contribution is -2.38. The van der Waals surface area contributed by atoms with Gasteiger partial charge in [-0.05, 0) is 18.1 Å². The Bertz CT molecular complexity index is 373. The highest BCUT2D eigenvalue weighted by Crippen LogP contribution is 2.15. The van der Waals surface area contributed by atoms with Crippen molar-refractivity contribution in [2.75, 3.05) is 18.8 Å². The summed E-state index contributed by atoms with van der Waals surface area (Å²) in [5, 5.41) is 3.27. The molecule has 4 nitrogen and oxygen atoms in total. The molecule has 0 aliphatic carbocycles. The number of anilines is 1. The zero-order valence-corrected chi connectivity index (χ0v) is 8.61. The fraction of sp³-hybridized carbons (Fsp3) is 0.364. The third-order valence-electron chi connectivity index (χ3n) is 2.54. The smallest absolute Gasteiger partial charge is 0.0380 e. The number of rotatable bonds is 2. The number of aromatic nitrogens is 1. The van der Waals surface area contributed by atoms with Crippen molar-refractivity contribution >= 4 is 5.69 Å². The van der Waals surface area contributed by atoms with E-state index < -0.39 is 0 Å². The van der Waals surface area contributed by atoms with Crippen LogP contribution in [0.3, 0.4) is 0 Å². The second kappa shape index (κ2) is 4.42. The minimum absolute atomic E-state index is 0.117. The zero-order valence-electron chi connectivity index (χ0n) is 8.61. The normalized spacial score (nSPS) is 21.1. The molecule has 0 saturated carbocycles. The summed E-state index contributed by atoms with van der Waals surface area (Å²) in [4.78, 5) is 4.07. The predicted molar refractivity (Wildman–Crippen MR) is 61.3 cm³/mol. The number of pyridine rings is 1. The van der Waals surface area contributed by atoms with Gasteiger partial charge in [-0.3, -0.25) is 4.98 Å². The summed E-state index contributed by atoms with van der Waals surface area (Å²) in [7, 11) is 0. The SMILES string of the molecule is Nc1ccncc1CC1=CC(N)CNC1. The molecule has 0 amide bonds. The molecule has 0 saturated heterocycles. The first-order valence-corrected chi connectivity index (χ1v) is 5.10. The van der Waals surface area contributed by atoms with Crippen molar-refractivity contribution < 1.29 is 0 Å². The van der Waals surface area contributed by atoms with Crippen LogP contribution in [0.15, 0.2) is 30.1 Å². The Morgan fingerprint density at radius 3 is 3.13 bits per heavy atom. The van der Waals surface area contributed by atoms with E-state index in [1.165, 1.54) is 5.57 Å². The Balaban J connectivity index is 2.12. The third-order valence-corrected chi connectivity index (χ3v) is 2.54. The maximum atomic E-state index is 5.85. The summed E-state index contributed by atoms with van der Waals surface area (Å²) < 4.78 is 0. The van der Waals surface area contributed by atoms with Gasteiger partial charge >= 0.3 is 0 Å². The quantitative estimate of drug-likeness (QED) is 0.595. The van der Waals surface area contributed by atoms with Crippen LogP contribution in [0, 0.1) is 0 Å². The van der Waals surface area contributed by atoms with Gasteiger partial charge in [-0.25, -0.2) is 0 Å². The molecule has 1 aliphatic heterocycles.